The van der Waals surface area contributed by atoms with E-state index in [0.717, 1.165) is 23.1 Å². The predicted octanol–water partition coefficient (Wildman–Crippen LogP) is 3.63. The lowest BCUT2D eigenvalue weighted by Gasteiger charge is -2.03. The summed E-state index contributed by atoms with van der Waals surface area (Å²) in [5.74, 6) is -0.412. The van der Waals surface area contributed by atoms with Crippen molar-refractivity contribution in [3.63, 3.8) is 0 Å². The molecule has 0 saturated heterocycles. The molecule has 21 heavy (non-hydrogen) atoms. The fourth-order valence-electron chi connectivity index (χ4n) is 1.86. The van der Waals surface area contributed by atoms with Crippen LogP contribution in [0.1, 0.15) is 30.8 Å². The third-order valence-corrected chi connectivity index (χ3v) is 3.31. The molecule has 0 atom stereocenters. The molecule has 0 aliphatic heterocycles. The molecule has 0 bridgehead atoms. The fourth-order valence-corrected chi connectivity index (χ4v) is 2.25. The molecular weight excluding hydrogens is 334 g/mol. The van der Waals surface area contributed by atoms with E-state index in [-0.39, 0.29) is 0 Å². The van der Waals surface area contributed by atoms with Crippen molar-refractivity contribution in [3.05, 3.63) is 40.6 Å². The zero-order chi connectivity index (χ0) is 15.2. The Labute approximate surface area is 132 Å². The third kappa shape index (κ3) is 3.85. The van der Waals surface area contributed by atoms with Gasteiger partial charge in [-0.05, 0) is 31.5 Å². The summed E-state index contributed by atoms with van der Waals surface area (Å²) >= 11 is 3.43. The topological polar surface area (TPSA) is 56.2 Å². The molecule has 2 rings (SSSR count). The van der Waals surface area contributed by atoms with Crippen molar-refractivity contribution in [2.45, 2.75) is 20.3 Å². The van der Waals surface area contributed by atoms with Crippen LogP contribution in [0, 0.1) is 0 Å². The number of aromatic nitrogens is 2. The van der Waals surface area contributed by atoms with Crippen molar-refractivity contribution >= 4 is 27.6 Å². The number of benzene rings is 1. The molecule has 112 valence electrons. The highest BCUT2D eigenvalue weighted by Gasteiger charge is 2.18. The van der Waals surface area contributed by atoms with Crippen molar-refractivity contribution < 1.29 is 9.53 Å². The van der Waals surface area contributed by atoms with Gasteiger partial charge in [0.05, 0.1) is 24.2 Å². The predicted molar refractivity (Wildman–Crippen MR) is 86.0 cm³/mol. The zero-order valence-electron chi connectivity index (χ0n) is 12.1. The van der Waals surface area contributed by atoms with Gasteiger partial charge >= 0.3 is 5.97 Å². The van der Waals surface area contributed by atoms with Crippen molar-refractivity contribution in [2.75, 3.05) is 18.5 Å². The number of nitrogens with zero attached hydrogens (tertiary/aromatic N) is 2. The largest absolute Gasteiger partial charge is 0.461 e. The molecule has 1 aromatic heterocycles. The van der Waals surface area contributed by atoms with E-state index < -0.39 is 5.97 Å². The summed E-state index contributed by atoms with van der Waals surface area (Å²) in [7, 11) is 0. The van der Waals surface area contributed by atoms with Crippen LogP contribution in [-0.2, 0) is 4.74 Å². The maximum Gasteiger partial charge on any atom is 0.361 e. The molecule has 1 heterocycles. The number of ether oxygens (including phenoxy) is 1. The Kier molecular flexibility index (Phi) is 5.38. The highest BCUT2D eigenvalue weighted by Crippen LogP contribution is 2.20. The van der Waals surface area contributed by atoms with Crippen molar-refractivity contribution in [2.24, 2.45) is 0 Å². The van der Waals surface area contributed by atoms with Gasteiger partial charge in [0, 0.05) is 11.0 Å². The summed E-state index contributed by atoms with van der Waals surface area (Å²) in [6.45, 7) is 4.95. The molecule has 5 nitrogen and oxygen atoms in total. The monoisotopic (exact) mass is 351 g/mol. The molecule has 0 spiro atoms. The van der Waals surface area contributed by atoms with Crippen LogP contribution < -0.4 is 5.32 Å². The van der Waals surface area contributed by atoms with E-state index in [4.69, 9.17) is 4.74 Å². The van der Waals surface area contributed by atoms with E-state index in [1.807, 2.05) is 30.5 Å². The van der Waals surface area contributed by atoms with Crippen molar-refractivity contribution in [1.29, 1.82) is 0 Å². The minimum atomic E-state index is -0.412. The number of rotatable bonds is 6. The van der Waals surface area contributed by atoms with Gasteiger partial charge in [-0.15, -0.1) is 0 Å². The van der Waals surface area contributed by atoms with Gasteiger partial charge in [-0.25, -0.2) is 9.48 Å². The highest BCUT2D eigenvalue weighted by atomic mass is 79.9. The quantitative estimate of drug-likeness (QED) is 0.807. The zero-order valence-corrected chi connectivity index (χ0v) is 13.7. The standard InChI is InChI=1S/C15H18BrN3O2/c1-3-8-17-13-10-19(12-7-5-6-11(16)9-12)18-14(13)15(20)21-4-2/h5-7,9-10,17H,3-4,8H2,1-2H3. The minimum Gasteiger partial charge on any atom is -0.461 e. The second kappa shape index (κ2) is 7.26. The van der Waals surface area contributed by atoms with E-state index in [1.165, 1.54) is 0 Å². The molecule has 1 aromatic carbocycles. The number of hydrogen-bond donors (Lipinski definition) is 1. The molecule has 0 aliphatic carbocycles. The van der Waals surface area contributed by atoms with Crippen LogP contribution in [0.3, 0.4) is 0 Å². The molecule has 1 N–H and O–H groups in total. The van der Waals surface area contributed by atoms with E-state index in [9.17, 15) is 4.79 Å². The first-order valence-corrected chi connectivity index (χ1v) is 7.71. The normalized spacial score (nSPS) is 10.4. The Balaban J connectivity index is 2.37. The Morgan fingerprint density at radius 2 is 2.24 bits per heavy atom. The number of carbonyl (C=O) groups is 1. The first kappa shape index (κ1) is 15.6. The minimum absolute atomic E-state index is 0.310. The molecule has 2 aromatic rings. The molecule has 0 saturated carbocycles. The van der Waals surface area contributed by atoms with Crippen LogP contribution in [0.5, 0.6) is 0 Å². The fraction of sp³-hybridized carbons (Fsp3) is 0.333. The van der Waals surface area contributed by atoms with Crippen LogP contribution in [0.4, 0.5) is 5.69 Å². The second-order valence-electron chi connectivity index (χ2n) is 4.46. The van der Waals surface area contributed by atoms with Crippen molar-refractivity contribution in [1.82, 2.24) is 9.78 Å². The maximum absolute atomic E-state index is 12.0. The lowest BCUT2D eigenvalue weighted by atomic mass is 10.3. The lowest BCUT2D eigenvalue weighted by Crippen LogP contribution is -2.10. The molecule has 6 heteroatoms. The Morgan fingerprint density at radius 1 is 1.43 bits per heavy atom. The molecule has 0 aliphatic rings. The Hall–Kier alpha value is -1.82. The average Bonchev–Trinajstić information content (AvgIpc) is 2.89. The van der Waals surface area contributed by atoms with E-state index >= 15 is 0 Å². The summed E-state index contributed by atoms with van der Waals surface area (Å²) in [6, 6.07) is 7.72. The number of carbonyl (C=O) groups excluding carboxylic acids is 1. The Bertz CT molecular complexity index is 625. The lowest BCUT2D eigenvalue weighted by molar-refractivity contribution is 0.0520. The van der Waals surface area contributed by atoms with Gasteiger partial charge < -0.3 is 10.1 Å². The molecular formula is C15H18BrN3O2. The van der Waals surface area contributed by atoms with Crippen LogP contribution in [0.15, 0.2) is 34.9 Å². The van der Waals surface area contributed by atoms with E-state index in [2.05, 4.69) is 33.3 Å². The highest BCUT2D eigenvalue weighted by molar-refractivity contribution is 9.10. The Morgan fingerprint density at radius 3 is 2.90 bits per heavy atom. The van der Waals surface area contributed by atoms with Crippen LogP contribution >= 0.6 is 15.9 Å². The van der Waals surface area contributed by atoms with Gasteiger partial charge in [-0.3, -0.25) is 0 Å². The van der Waals surface area contributed by atoms with Gasteiger partial charge in [0.2, 0.25) is 0 Å². The average molecular weight is 352 g/mol. The smallest absolute Gasteiger partial charge is 0.361 e. The molecule has 0 unspecified atom stereocenters. The summed E-state index contributed by atoms with van der Waals surface area (Å²) in [5.41, 5.74) is 1.88. The van der Waals surface area contributed by atoms with Gasteiger partial charge in [-0.2, -0.15) is 5.10 Å². The first-order valence-electron chi connectivity index (χ1n) is 6.92. The SMILES string of the molecule is CCCNc1cn(-c2cccc(Br)c2)nc1C(=O)OCC. The van der Waals surface area contributed by atoms with Gasteiger partial charge in [0.1, 0.15) is 0 Å². The van der Waals surface area contributed by atoms with Crippen molar-refractivity contribution in [3.8, 4) is 5.69 Å². The van der Waals surface area contributed by atoms with Crippen LogP contribution in [0.2, 0.25) is 0 Å². The van der Waals surface area contributed by atoms with E-state index in [1.54, 1.807) is 11.6 Å². The van der Waals surface area contributed by atoms with Crippen LogP contribution in [0.25, 0.3) is 5.69 Å². The summed E-state index contributed by atoms with van der Waals surface area (Å²) in [6.07, 6.45) is 2.77. The third-order valence-electron chi connectivity index (χ3n) is 2.82. The maximum atomic E-state index is 12.0. The number of nitrogens with one attached hydrogen (secondary N) is 1. The van der Waals surface area contributed by atoms with Gasteiger partial charge in [0.15, 0.2) is 5.69 Å². The number of anilines is 1. The van der Waals surface area contributed by atoms with E-state index in [0.29, 0.717) is 18.0 Å². The van der Waals surface area contributed by atoms with Gasteiger partial charge in [-0.1, -0.05) is 28.9 Å². The number of esters is 1. The second-order valence-corrected chi connectivity index (χ2v) is 5.38. The van der Waals surface area contributed by atoms with Gasteiger partial charge in [0.25, 0.3) is 0 Å². The summed E-state index contributed by atoms with van der Waals surface area (Å²) < 4.78 is 7.69. The summed E-state index contributed by atoms with van der Waals surface area (Å²) in [5, 5.41) is 7.56. The number of halogens is 1. The first-order chi connectivity index (χ1) is 10.2. The molecule has 0 fully saturated rings. The van der Waals surface area contributed by atoms with Crippen LogP contribution in [-0.4, -0.2) is 28.9 Å². The molecule has 0 radical (unpaired) electrons. The summed E-state index contributed by atoms with van der Waals surface area (Å²) in [4.78, 5) is 12.0. The molecule has 0 amide bonds. The number of hydrogen-bond acceptors (Lipinski definition) is 4.